The summed E-state index contributed by atoms with van der Waals surface area (Å²) in [5, 5.41) is 8.24. The van der Waals surface area contributed by atoms with E-state index >= 15 is 0 Å². The van der Waals surface area contributed by atoms with Crippen molar-refractivity contribution >= 4 is 35.3 Å². The molecule has 0 bridgehead atoms. The quantitative estimate of drug-likeness (QED) is 0.675. The van der Waals surface area contributed by atoms with Crippen molar-refractivity contribution < 1.29 is 0 Å². The van der Waals surface area contributed by atoms with Gasteiger partial charge in [0.2, 0.25) is 0 Å². The van der Waals surface area contributed by atoms with Gasteiger partial charge < -0.3 is 0 Å². The highest BCUT2D eigenvalue weighted by Crippen LogP contribution is 2.42. The van der Waals surface area contributed by atoms with E-state index in [4.69, 9.17) is 12.2 Å². The summed E-state index contributed by atoms with van der Waals surface area (Å²) in [4.78, 5) is 2.63. The molecule has 0 spiro atoms. The van der Waals surface area contributed by atoms with Gasteiger partial charge in [0, 0.05) is 16.2 Å². The number of fused-ring (bicyclic) bond motifs is 3. The van der Waals surface area contributed by atoms with Crippen LogP contribution in [0.25, 0.3) is 11.3 Å². The van der Waals surface area contributed by atoms with E-state index in [0.717, 1.165) is 16.1 Å². The Labute approximate surface area is 88.4 Å². The van der Waals surface area contributed by atoms with E-state index in [1.807, 2.05) is 23.1 Å². The minimum atomic E-state index is 0.830. The zero-order valence-electron chi connectivity index (χ0n) is 6.59. The highest BCUT2D eigenvalue weighted by Gasteiger charge is 2.19. The van der Waals surface area contributed by atoms with Crippen LogP contribution in [0, 0.1) is 4.64 Å². The van der Waals surface area contributed by atoms with Crippen LogP contribution in [-0.4, -0.2) is 10.2 Å². The van der Waals surface area contributed by atoms with Crippen molar-refractivity contribution in [2.24, 2.45) is 0 Å². The fourth-order valence-corrected chi connectivity index (χ4v) is 3.85. The molecular weight excluding hydrogens is 220 g/mol. The molecule has 0 atom stereocenters. The molecule has 1 aliphatic heterocycles. The summed E-state index contributed by atoms with van der Waals surface area (Å²) >= 11 is 8.79. The number of aromatic nitrogens is 2. The molecule has 2 N–H and O–H groups in total. The second kappa shape index (κ2) is 2.73. The smallest absolute Gasteiger partial charge is 0.133 e. The van der Waals surface area contributed by atoms with E-state index < -0.39 is 0 Å². The van der Waals surface area contributed by atoms with E-state index in [1.54, 1.807) is 0 Å². The summed E-state index contributed by atoms with van der Waals surface area (Å²) in [5.41, 5.74) is 2.48. The van der Waals surface area contributed by atoms with E-state index in [-0.39, 0.29) is 0 Å². The third-order valence-electron chi connectivity index (χ3n) is 2.10. The monoisotopic (exact) mass is 226 g/mol. The molecule has 5 heteroatoms. The Kier molecular flexibility index (Phi) is 1.65. The van der Waals surface area contributed by atoms with Gasteiger partial charge in [0.15, 0.2) is 0 Å². The van der Waals surface area contributed by atoms with Gasteiger partial charge in [0.25, 0.3) is 0 Å². The molecule has 13 heavy (non-hydrogen) atoms. The van der Waals surface area contributed by atoms with Crippen molar-refractivity contribution in [1.29, 1.82) is 0 Å². The summed E-state index contributed by atoms with van der Waals surface area (Å²) in [6.45, 7) is 0. The van der Waals surface area contributed by atoms with Crippen LogP contribution in [0.2, 0.25) is 0 Å². The topological polar surface area (TPSA) is 31.6 Å². The first-order valence-corrected chi connectivity index (χ1v) is 6.14. The molecular formula is C8H6N2S3. The van der Waals surface area contributed by atoms with Gasteiger partial charge in [-0.1, -0.05) is 12.2 Å². The van der Waals surface area contributed by atoms with Crippen LogP contribution in [0.3, 0.4) is 0 Å². The lowest BCUT2D eigenvalue weighted by Gasteiger charge is -2.09. The highest BCUT2D eigenvalue weighted by molar-refractivity contribution is 7.99. The third kappa shape index (κ3) is 1.04. The van der Waals surface area contributed by atoms with Crippen LogP contribution in [0.5, 0.6) is 0 Å². The van der Waals surface area contributed by atoms with Crippen LogP contribution >= 0.6 is 35.3 Å². The Morgan fingerprint density at radius 2 is 2.31 bits per heavy atom. The normalized spacial score (nSPS) is 13.8. The van der Waals surface area contributed by atoms with Crippen molar-refractivity contribution in [2.75, 3.05) is 0 Å². The fraction of sp³-hybridized carbons (Fsp3) is 0.125. The van der Waals surface area contributed by atoms with Gasteiger partial charge in [-0.25, -0.2) is 0 Å². The number of H-pyrrole nitrogens is 2. The van der Waals surface area contributed by atoms with Crippen molar-refractivity contribution in [3.8, 4) is 11.3 Å². The maximum absolute atomic E-state index is 5.17. The van der Waals surface area contributed by atoms with E-state index in [2.05, 4.69) is 21.6 Å². The molecule has 3 rings (SSSR count). The average molecular weight is 226 g/mol. The Morgan fingerprint density at radius 3 is 3.23 bits per heavy atom. The maximum atomic E-state index is 5.17. The number of thioether (sulfide) groups is 1. The summed E-state index contributed by atoms with van der Waals surface area (Å²) < 4.78 is 0.830. The molecule has 0 saturated heterocycles. The molecule has 3 heterocycles. The molecule has 66 valence electrons. The first-order chi connectivity index (χ1) is 6.36. The second-order valence-electron chi connectivity index (χ2n) is 2.83. The van der Waals surface area contributed by atoms with Crippen LogP contribution in [-0.2, 0) is 5.75 Å². The number of hydrogen-bond donors (Lipinski definition) is 2. The number of aromatic amines is 2. The highest BCUT2D eigenvalue weighted by atomic mass is 32.2. The van der Waals surface area contributed by atoms with Crippen LogP contribution in [0.4, 0.5) is 0 Å². The molecule has 0 fully saturated rings. The van der Waals surface area contributed by atoms with Crippen molar-refractivity contribution in [1.82, 2.24) is 10.2 Å². The molecule has 0 amide bonds. The maximum Gasteiger partial charge on any atom is 0.133 e. The lowest BCUT2D eigenvalue weighted by Crippen LogP contribution is -1.89. The third-order valence-corrected chi connectivity index (χ3v) is 4.77. The van der Waals surface area contributed by atoms with Crippen molar-refractivity contribution in [3.63, 3.8) is 0 Å². The molecule has 0 radical (unpaired) electrons. The van der Waals surface area contributed by atoms with E-state index in [1.165, 1.54) is 15.3 Å². The molecule has 1 aliphatic rings. The van der Waals surface area contributed by atoms with Crippen molar-refractivity contribution in [2.45, 2.75) is 10.6 Å². The van der Waals surface area contributed by atoms with Crippen LogP contribution in [0.1, 0.15) is 4.88 Å². The Balaban J connectivity index is 2.37. The second-order valence-corrected chi connectivity index (χ2v) is 5.22. The molecule has 2 aromatic rings. The van der Waals surface area contributed by atoms with Crippen LogP contribution in [0.15, 0.2) is 16.3 Å². The first-order valence-electron chi connectivity index (χ1n) is 3.86. The van der Waals surface area contributed by atoms with Gasteiger partial charge in [-0.2, -0.15) is 0 Å². The number of hydrogen-bond acceptors (Lipinski definition) is 3. The molecule has 2 nitrogen and oxygen atoms in total. The molecule has 0 aromatic carbocycles. The lowest BCUT2D eigenvalue weighted by molar-refractivity contribution is 1.08. The standard InChI is InChI=1S/C8H6N2S3/c11-8-7-6(9-10-8)4-1-2-12-5(4)3-13-7/h1-2H,3H2,(H2,9,10,11). The minimum Gasteiger partial charge on any atom is -0.298 e. The number of thiophene rings is 1. The summed E-state index contributed by atoms with van der Waals surface area (Å²) in [6.07, 6.45) is 0. The Morgan fingerprint density at radius 1 is 1.38 bits per heavy atom. The van der Waals surface area contributed by atoms with Gasteiger partial charge >= 0.3 is 0 Å². The predicted molar refractivity (Wildman–Crippen MR) is 58.9 cm³/mol. The predicted octanol–water partition coefficient (Wildman–Crippen LogP) is 3.41. The Hall–Kier alpha value is -0.520. The zero-order chi connectivity index (χ0) is 8.84. The van der Waals surface area contributed by atoms with Crippen molar-refractivity contribution in [3.05, 3.63) is 21.0 Å². The fourth-order valence-electron chi connectivity index (χ4n) is 1.49. The molecule has 0 saturated carbocycles. The first kappa shape index (κ1) is 7.84. The molecule has 0 unspecified atom stereocenters. The van der Waals surface area contributed by atoms with Gasteiger partial charge in [0.05, 0.1) is 10.6 Å². The summed E-state index contributed by atoms with van der Waals surface area (Å²) in [7, 11) is 0. The van der Waals surface area contributed by atoms with Gasteiger partial charge in [-0.15, -0.1) is 23.1 Å². The van der Waals surface area contributed by atoms with Gasteiger partial charge in [-0.3, -0.25) is 10.2 Å². The summed E-state index contributed by atoms with van der Waals surface area (Å²) in [5.74, 6) is 1.05. The Bertz CT molecular complexity index is 505. The molecule has 0 aliphatic carbocycles. The van der Waals surface area contributed by atoms with Crippen LogP contribution < -0.4 is 0 Å². The summed E-state index contributed by atoms with van der Waals surface area (Å²) in [6, 6.07) is 2.15. The number of nitrogens with one attached hydrogen (secondary N) is 2. The van der Waals surface area contributed by atoms with Gasteiger partial charge in [0.1, 0.15) is 4.64 Å². The lowest BCUT2D eigenvalue weighted by atomic mass is 10.2. The number of rotatable bonds is 0. The largest absolute Gasteiger partial charge is 0.298 e. The van der Waals surface area contributed by atoms with Gasteiger partial charge in [-0.05, 0) is 11.4 Å². The zero-order valence-corrected chi connectivity index (χ0v) is 9.04. The SMILES string of the molecule is S=c1[nH][nH]c2c1SCc1sccc1-2. The minimum absolute atomic E-state index is 0.830. The van der Waals surface area contributed by atoms with E-state index in [0.29, 0.717) is 0 Å². The average Bonchev–Trinajstić information content (AvgIpc) is 2.70. The van der Waals surface area contributed by atoms with E-state index in [9.17, 15) is 0 Å². The molecule has 2 aromatic heterocycles.